The van der Waals surface area contributed by atoms with Gasteiger partial charge in [0, 0.05) is 12.6 Å². The van der Waals surface area contributed by atoms with E-state index in [2.05, 4.69) is 5.32 Å². The summed E-state index contributed by atoms with van der Waals surface area (Å²) in [6, 6.07) is 2.15. The highest BCUT2D eigenvalue weighted by molar-refractivity contribution is 6.06. The second kappa shape index (κ2) is 3.51. The molecule has 0 radical (unpaired) electrons. The number of nitrogens with one attached hydrogen (secondary N) is 1. The van der Waals surface area contributed by atoms with E-state index in [1.807, 2.05) is 0 Å². The SMILES string of the molecule is CN1C(=O)N[C@](C)(c2cc(F)ccc2F)C1=O. The molecule has 0 saturated carbocycles. The van der Waals surface area contributed by atoms with Crippen molar-refractivity contribution in [1.82, 2.24) is 10.2 Å². The van der Waals surface area contributed by atoms with Crippen LogP contribution >= 0.6 is 0 Å². The van der Waals surface area contributed by atoms with E-state index < -0.39 is 29.1 Å². The lowest BCUT2D eigenvalue weighted by Crippen LogP contribution is -2.41. The van der Waals surface area contributed by atoms with Crippen molar-refractivity contribution in [2.75, 3.05) is 7.05 Å². The Morgan fingerprint density at radius 1 is 1.29 bits per heavy atom. The minimum atomic E-state index is -1.56. The lowest BCUT2D eigenvalue weighted by atomic mass is 9.91. The number of imide groups is 1. The number of urea groups is 1. The third-order valence-corrected chi connectivity index (χ3v) is 2.86. The van der Waals surface area contributed by atoms with Crippen LogP contribution in [0.5, 0.6) is 0 Å². The molecule has 1 aliphatic heterocycles. The molecule has 17 heavy (non-hydrogen) atoms. The second-order valence-electron chi connectivity index (χ2n) is 4.04. The van der Waals surface area contributed by atoms with Gasteiger partial charge in [-0.05, 0) is 25.1 Å². The van der Waals surface area contributed by atoms with E-state index in [0.717, 1.165) is 23.1 Å². The second-order valence-corrected chi connectivity index (χ2v) is 4.04. The van der Waals surface area contributed by atoms with Gasteiger partial charge >= 0.3 is 6.03 Å². The zero-order chi connectivity index (χ0) is 12.8. The maximum Gasteiger partial charge on any atom is 0.325 e. The van der Waals surface area contributed by atoms with Crippen LogP contribution in [0.1, 0.15) is 12.5 Å². The first kappa shape index (κ1) is 11.5. The van der Waals surface area contributed by atoms with Crippen LogP contribution in [0.15, 0.2) is 18.2 Å². The van der Waals surface area contributed by atoms with E-state index in [-0.39, 0.29) is 5.56 Å². The quantitative estimate of drug-likeness (QED) is 0.753. The first-order valence-corrected chi connectivity index (χ1v) is 4.92. The summed E-state index contributed by atoms with van der Waals surface area (Å²) in [5.74, 6) is -2.02. The zero-order valence-electron chi connectivity index (χ0n) is 9.25. The van der Waals surface area contributed by atoms with Crippen molar-refractivity contribution in [3.8, 4) is 0 Å². The Hall–Kier alpha value is -1.98. The number of benzene rings is 1. The third-order valence-electron chi connectivity index (χ3n) is 2.86. The van der Waals surface area contributed by atoms with Gasteiger partial charge in [-0.1, -0.05) is 0 Å². The molecule has 2 rings (SSSR count). The number of amides is 3. The molecule has 90 valence electrons. The van der Waals surface area contributed by atoms with Gasteiger partial charge in [0.1, 0.15) is 17.2 Å². The van der Waals surface area contributed by atoms with Crippen molar-refractivity contribution >= 4 is 11.9 Å². The van der Waals surface area contributed by atoms with Crippen LogP contribution in [0.2, 0.25) is 0 Å². The Balaban J connectivity index is 2.56. The number of halogens is 2. The molecule has 3 amide bonds. The van der Waals surface area contributed by atoms with E-state index in [9.17, 15) is 18.4 Å². The number of rotatable bonds is 1. The van der Waals surface area contributed by atoms with E-state index in [1.54, 1.807) is 0 Å². The Morgan fingerprint density at radius 3 is 2.47 bits per heavy atom. The third kappa shape index (κ3) is 1.56. The maximum absolute atomic E-state index is 13.6. The Morgan fingerprint density at radius 2 is 1.94 bits per heavy atom. The molecule has 1 atom stereocenters. The van der Waals surface area contributed by atoms with E-state index >= 15 is 0 Å². The molecule has 0 bridgehead atoms. The summed E-state index contributed by atoms with van der Waals surface area (Å²) >= 11 is 0. The molecule has 6 heteroatoms. The molecule has 1 saturated heterocycles. The van der Waals surface area contributed by atoms with Gasteiger partial charge in [0.15, 0.2) is 0 Å². The minimum absolute atomic E-state index is 0.180. The van der Waals surface area contributed by atoms with Gasteiger partial charge in [-0.3, -0.25) is 9.69 Å². The minimum Gasteiger partial charge on any atom is -0.319 e. The summed E-state index contributed by atoms with van der Waals surface area (Å²) in [6.07, 6.45) is 0. The van der Waals surface area contributed by atoms with Crippen molar-refractivity contribution < 1.29 is 18.4 Å². The number of nitrogens with zero attached hydrogens (tertiary/aromatic N) is 1. The number of likely N-dealkylation sites (N-methyl/N-ethyl adjacent to an activating group) is 1. The van der Waals surface area contributed by atoms with Crippen LogP contribution in [-0.4, -0.2) is 23.9 Å². The van der Waals surface area contributed by atoms with Crippen LogP contribution in [0.25, 0.3) is 0 Å². The molecule has 1 heterocycles. The number of hydrogen-bond acceptors (Lipinski definition) is 2. The molecule has 1 fully saturated rings. The average Bonchev–Trinajstić information content (AvgIpc) is 2.47. The zero-order valence-corrected chi connectivity index (χ0v) is 9.25. The lowest BCUT2D eigenvalue weighted by Gasteiger charge is -2.22. The van der Waals surface area contributed by atoms with Crippen LogP contribution in [0.4, 0.5) is 13.6 Å². The van der Waals surface area contributed by atoms with Crippen LogP contribution in [0.3, 0.4) is 0 Å². The molecule has 0 aromatic heterocycles. The molecule has 1 aromatic rings. The van der Waals surface area contributed by atoms with Crippen molar-refractivity contribution in [3.05, 3.63) is 35.4 Å². The Bertz CT molecular complexity index is 518. The molecule has 1 aliphatic rings. The van der Waals surface area contributed by atoms with Crippen molar-refractivity contribution in [3.63, 3.8) is 0 Å². The molecular formula is C11H10F2N2O2. The average molecular weight is 240 g/mol. The van der Waals surface area contributed by atoms with E-state index in [1.165, 1.54) is 14.0 Å². The van der Waals surface area contributed by atoms with Gasteiger partial charge < -0.3 is 5.32 Å². The Kier molecular flexibility index (Phi) is 2.38. The fourth-order valence-corrected chi connectivity index (χ4v) is 1.84. The first-order chi connectivity index (χ1) is 7.86. The molecular weight excluding hydrogens is 230 g/mol. The predicted molar refractivity (Wildman–Crippen MR) is 55.0 cm³/mol. The van der Waals surface area contributed by atoms with Gasteiger partial charge in [-0.25, -0.2) is 13.6 Å². The molecule has 4 nitrogen and oxygen atoms in total. The van der Waals surface area contributed by atoms with Crippen molar-refractivity contribution in [2.45, 2.75) is 12.5 Å². The summed E-state index contributed by atoms with van der Waals surface area (Å²) in [4.78, 5) is 24.0. The highest BCUT2D eigenvalue weighted by Crippen LogP contribution is 2.30. The lowest BCUT2D eigenvalue weighted by molar-refractivity contribution is -0.130. The van der Waals surface area contributed by atoms with Gasteiger partial charge in [-0.2, -0.15) is 0 Å². The van der Waals surface area contributed by atoms with Crippen molar-refractivity contribution in [1.29, 1.82) is 0 Å². The Labute approximate surface area is 96.2 Å². The highest BCUT2D eigenvalue weighted by atomic mass is 19.1. The van der Waals surface area contributed by atoms with E-state index in [0.29, 0.717) is 0 Å². The molecule has 0 aliphatic carbocycles. The predicted octanol–water partition coefficient (Wildman–Crippen LogP) is 1.36. The summed E-state index contributed by atoms with van der Waals surface area (Å²) in [5, 5.41) is 2.34. The van der Waals surface area contributed by atoms with Crippen LogP contribution < -0.4 is 5.32 Å². The summed E-state index contributed by atoms with van der Waals surface area (Å²) in [6.45, 7) is 1.34. The monoisotopic (exact) mass is 240 g/mol. The maximum atomic E-state index is 13.6. The molecule has 0 unspecified atom stereocenters. The van der Waals surface area contributed by atoms with Crippen molar-refractivity contribution in [2.24, 2.45) is 0 Å². The molecule has 0 spiro atoms. The molecule has 1 aromatic carbocycles. The summed E-state index contributed by atoms with van der Waals surface area (Å²) in [5.41, 5.74) is -1.74. The fraction of sp³-hybridized carbons (Fsp3) is 0.273. The summed E-state index contributed by atoms with van der Waals surface area (Å²) in [7, 11) is 1.28. The summed E-state index contributed by atoms with van der Waals surface area (Å²) < 4.78 is 26.7. The molecule has 1 N–H and O–H groups in total. The smallest absolute Gasteiger partial charge is 0.319 e. The van der Waals surface area contributed by atoms with Gasteiger partial charge in [0.25, 0.3) is 5.91 Å². The number of carbonyl (C=O) groups is 2. The number of carbonyl (C=O) groups excluding carboxylic acids is 2. The van der Waals surface area contributed by atoms with Gasteiger partial charge in [0.05, 0.1) is 0 Å². The van der Waals surface area contributed by atoms with Gasteiger partial charge in [-0.15, -0.1) is 0 Å². The highest BCUT2D eigenvalue weighted by Gasteiger charge is 2.48. The number of hydrogen-bond donors (Lipinski definition) is 1. The largest absolute Gasteiger partial charge is 0.325 e. The van der Waals surface area contributed by atoms with E-state index in [4.69, 9.17) is 0 Å². The first-order valence-electron chi connectivity index (χ1n) is 4.92. The van der Waals surface area contributed by atoms with Crippen LogP contribution in [-0.2, 0) is 10.3 Å². The van der Waals surface area contributed by atoms with Gasteiger partial charge in [0.2, 0.25) is 0 Å². The fourth-order valence-electron chi connectivity index (χ4n) is 1.84. The standard InChI is InChI=1S/C11H10F2N2O2/c1-11(9(16)15(2)10(17)14-11)7-5-6(12)3-4-8(7)13/h3-5H,1-2H3,(H,14,17)/t11-/m1/s1. The normalized spacial score (nSPS) is 24.1. The topological polar surface area (TPSA) is 49.4 Å². The van der Waals surface area contributed by atoms with Crippen LogP contribution in [0, 0.1) is 11.6 Å².